The molecule has 2 atom stereocenters. The lowest BCUT2D eigenvalue weighted by Crippen LogP contribution is -2.50. The van der Waals surface area contributed by atoms with Gasteiger partial charge in [0.25, 0.3) is 0 Å². The standard InChI is InChI=1S/C27H31F5N4O4/c1-17(34-22(37)9-13-27(30,31)32)20-10-14-33-21(15-20)35-24(38)23(19-7-11-26(28,29)12-8-19)36-25(39)40-16-18-5-3-2-4-6-18/h2-6,10,14-15,17,19,23H,7-9,11-13,16H2,1H3,(H,34,37)(H,36,39)(H,33,35,38)/t17-,23+/m1/s1. The van der Waals surface area contributed by atoms with Gasteiger partial charge >= 0.3 is 12.3 Å². The second kappa shape index (κ2) is 13.5. The Morgan fingerprint density at radius 2 is 1.75 bits per heavy atom. The summed E-state index contributed by atoms with van der Waals surface area (Å²) in [6.07, 6.45) is -6.85. The summed E-state index contributed by atoms with van der Waals surface area (Å²) < 4.78 is 69.9. The van der Waals surface area contributed by atoms with Crippen molar-refractivity contribution in [2.75, 3.05) is 5.32 Å². The van der Waals surface area contributed by atoms with Crippen LogP contribution in [0.15, 0.2) is 48.7 Å². The first-order chi connectivity index (χ1) is 18.8. The van der Waals surface area contributed by atoms with E-state index >= 15 is 0 Å². The van der Waals surface area contributed by atoms with Crippen LogP contribution in [-0.2, 0) is 20.9 Å². The monoisotopic (exact) mass is 570 g/mol. The summed E-state index contributed by atoms with van der Waals surface area (Å²) in [6.45, 7) is 1.50. The zero-order valence-electron chi connectivity index (χ0n) is 21.8. The first-order valence-electron chi connectivity index (χ1n) is 12.8. The number of halogens is 5. The van der Waals surface area contributed by atoms with Gasteiger partial charge in [-0.2, -0.15) is 13.2 Å². The Kier molecular flexibility index (Phi) is 10.4. The van der Waals surface area contributed by atoms with E-state index in [1.165, 1.54) is 18.3 Å². The quantitative estimate of drug-likeness (QED) is 0.320. The van der Waals surface area contributed by atoms with Crippen LogP contribution in [0.4, 0.5) is 32.6 Å². The van der Waals surface area contributed by atoms with Crippen LogP contribution in [0.25, 0.3) is 0 Å². The highest BCUT2D eigenvalue weighted by atomic mass is 19.4. The van der Waals surface area contributed by atoms with E-state index in [2.05, 4.69) is 20.9 Å². The normalized spacial score (nSPS) is 16.9. The number of benzene rings is 1. The summed E-state index contributed by atoms with van der Waals surface area (Å²) in [6, 6.07) is 9.89. The minimum atomic E-state index is -4.46. The molecule has 3 rings (SSSR count). The SMILES string of the molecule is C[C@@H](NC(=O)CCC(F)(F)F)c1ccnc(NC(=O)[C@@H](NC(=O)OCc2ccccc2)C2CCC(F)(F)CC2)c1. The highest BCUT2D eigenvalue weighted by Gasteiger charge is 2.40. The predicted molar refractivity (Wildman–Crippen MR) is 135 cm³/mol. The fraction of sp³-hybridized carbons (Fsp3) is 0.481. The highest BCUT2D eigenvalue weighted by molar-refractivity contribution is 5.96. The summed E-state index contributed by atoms with van der Waals surface area (Å²) in [4.78, 5) is 41.7. The number of aromatic nitrogens is 1. The first-order valence-corrected chi connectivity index (χ1v) is 12.8. The average Bonchev–Trinajstić information content (AvgIpc) is 2.90. The maximum Gasteiger partial charge on any atom is 0.408 e. The van der Waals surface area contributed by atoms with E-state index in [0.717, 1.165) is 5.56 Å². The molecular formula is C27H31F5N4O4. The molecule has 0 aliphatic heterocycles. The van der Waals surface area contributed by atoms with Crippen molar-refractivity contribution >= 4 is 23.7 Å². The van der Waals surface area contributed by atoms with Gasteiger partial charge in [0.2, 0.25) is 17.7 Å². The van der Waals surface area contributed by atoms with Crippen molar-refractivity contribution in [1.29, 1.82) is 0 Å². The van der Waals surface area contributed by atoms with E-state index in [0.29, 0.717) is 5.56 Å². The Morgan fingerprint density at radius 3 is 2.40 bits per heavy atom. The predicted octanol–water partition coefficient (Wildman–Crippen LogP) is 5.66. The number of ether oxygens (including phenoxy) is 1. The molecule has 1 aromatic heterocycles. The van der Waals surface area contributed by atoms with Crippen molar-refractivity contribution in [3.8, 4) is 0 Å². The number of anilines is 1. The molecule has 1 heterocycles. The molecule has 1 aliphatic carbocycles. The van der Waals surface area contributed by atoms with Crippen molar-refractivity contribution in [2.45, 2.75) is 76.2 Å². The van der Waals surface area contributed by atoms with Crippen molar-refractivity contribution in [2.24, 2.45) is 5.92 Å². The van der Waals surface area contributed by atoms with Crippen LogP contribution in [0.2, 0.25) is 0 Å². The molecule has 218 valence electrons. The Bertz CT molecular complexity index is 1150. The Morgan fingerprint density at radius 1 is 1.07 bits per heavy atom. The summed E-state index contributed by atoms with van der Waals surface area (Å²) >= 11 is 0. The Hall–Kier alpha value is -3.77. The molecule has 0 saturated heterocycles. The minimum absolute atomic E-state index is 0.00148. The molecule has 40 heavy (non-hydrogen) atoms. The molecule has 0 radical (unpaired) electrons. The molecule has 1 saturated carbocycles. The number of alkyl halides is 5. The fourth-order valence-corrected chi connectivity index (χ4v) is 4.33. The minimum Gasteiger partial charge on any atom is -0.445 e. The third-order valence-electron chi connectivity index (χ3n) is 6.55. The van der Waals surface area contributed by atoms with Crippen molar-refractivity contribution in [3.63, 3.8) is 0 Å². The van der Waals surface area contributed by atoms with Crippen LogP contribution in [0.5, 0.6) is 0 Å². The fourth-order valence-electron chi connectivity index (χ4n) is 4.33. The van der Waals surface area contributed by atoms with E-state index in [1.807, 2.05) is 0 Å². The lowest BCUT2D eigenvalue weighted by atomic mass is 9.81. The maximum atomic E-state index is 13.8. The van der Waals surface area contributed by atoms with E-state index in [1.54, 1.807) is 37.3 Å². The van der Waals surface area contributed by atoms with E-state index in [-0.39, 0.29) is 25.3 Å². The lowest BCUT2D eigenvalue weighted by molar-refractivity contribution is -0.144. The van der Waals surface area contributed by atoms with Gasteiger partial charge < -0.3 is 20.7 Å². The van der Waals surface area contributed by atoms with Crippen molar-refractivity contribution in [1.82, 2.24) is 15.6 Å². The van der Waals surface area contributed by atoms with Crippen LogP contribution in [0.1, 0.15) is 62.6 Å². The van der Waals surface area contributed by atoms with E-state index < -0.39 is 73.7 Å². The molecule has 1 fully saturated rings. The third-order valence-corrected chi connectivity index (χ3v) is 6.55. The summed E-state index contributed by atoms with van der Waals surface area (Å²) in [5, 5.41) is 7.52. The smallest absolute Gasteiger partial charge is 0.408 e. The molecular weight excluding hydrogens is 539 g/mol. The molecule has 0 spiro atoms. The van der Waals surface area contributed by atoms with Gasteiger partial charge in [0.1, 0.15) is 18.5 Å². The number of alkyl carbamates (subject to hydrolysis) is 1. The molecule has 2 aromatic rings. The van der Waals surface area contributed by atoms with Crippen LogP contribution in [0.3, 0.4) is 0 Å². The van der Waals surface area contributed by atoms with Gasteiger partial charge in [-0.05, 0) is 48.9 Å². The molecule has 3 amide bonds. The highest BCUT2D eigenvalue weighted by Crippen LogP contribution is 2.37. The molecule has 3 N–H and O–H groups in total. The first kappa shape index (κ1) is 30.8. The number of rotatable bonds is 10. The number of amides is 3. The van der Waals surface area contributed by atoms with Crippen LogP contribution >= 0.6 is 0 Å². The van der Waals surface area contributed by atoms with E-state index in [4.69, 9.17) is 4.74 Å². The number of carbonyl (C=O) groups is 3. The number of pyridine rings is 1. The molecule has 1 aliphatic rings. The van der Waals surface area contributed by atoms with Crippen LogP contribution in [0, 0.1) is 5.92 Å². The number of carbonyl (C=O) groups excluding carboxylic acids is 3. The van der Waals surface area contributed by atoms with Crippen molar-refractivity contribution in [3.05, 3.63) is 59.8 Å². The lowest BCUT2D eigenvalue weighted by Gasteiger charge is -2.33. The van der Waals surface area contributed by atoms with Gasteiger partial charge in [0.15, 0.2) is 0 Å². The molecule has 8 nitrogen and oxygen atoms in total. The van der Waals surface area contributed by atoms with Crippen LogP contribution < -0.4 is 16.0 Å². The van der Waals surface area contributed by atoms with Gasteiger partial charge in [0.05, 0.1) is 12.5 Å². The van der Waals surface area contributed by atoms with E-state index in [9.17, 15) is 36.3 Å². The second-order valence-corrected chi connectivity index (χ2v) is 9.75. The molecule has 13 heteroatoms. The topological polar surface area (TPSA) is 109 Å². The van der Waals surface area contributed by atoms with Gasteiger partial charge in [-0.25, -0.2) is 18.6 Å². The Labute approximate surface area is 228 Å². The second-order valence-electron chi connectivity index (χ2n) is 9.75. The third kappa shape index (κ3) is 10.1. The summed E-state index contributed by atoms with van der Waals surface area (Å²) in [7, 11) is 0. The number of nitrogens with zero attached hydrogens (tertiary/aromatic N) is 1. The van der Waals surface area contributed by atoms with Gasteiger partial charge in [0, 0.05) is 25.5 Å². The van der Waals surface area contributed by atoms with Gasteiger partial charge in [-0.15, -0.1) is 0 Å². The number of hydrogen-bond acceptors (Lipinski definition) is 5. The largest absolute Gasteiger partial charge is 0.445 e. The summed E-state index contributed by atoms with van der Waals surface area (Å²) in [5.41, 5.74) is 1.17. The number of nitrogens with one attached hydrogen (secondary N) is 3. The average molecular weight is 571 g/mol. The molecule has 1 aromatic carbocycles. The molecule has 0 bridgehead atoms. The summed E-state index contributed by atoms with van der Waals surface area (Å²) in [5.74, 6) is -4.87. The maximum absolute atomic E-state index is 13.8. The van der Waals surface area contributed by atoms with Crippen LogP contribution in [-0.4, -0.2) is 41.0 Å². The van der Waals surface area contributed by atoms with Crippen molar-refractivity contribution < 1.29 is 41.1 Å². The zero-order valence-corrected chi connectivity index (χ0v) is 21.8. The molecule has 0 unspecified atom stereocenters. The Balaban J connectivity index is 1.66. The zero-order chi connectivity index (χ0) is 29.3. The number of hydrogen-bond donors (Lipinski definition) is 3. The van der Waals surface area contributed by atoms with Gasteiger partial charge in [-0.1, -0.05) is 30.3 Å². The van der Waals surface area contributed by atoms with Gasteiger partial charge in [-0.3, -0.25) is 9.59 Å².